The van der Waals surface area contributed by atoms with Crippen LogP contribution in [0.3, 0.4) is 0 Å². The molecule has 1 aromatic carbocycles. The molecule has 0 saturated heterocycles. The van der Waals surface area contributed by atoms with Gasteiger partial charge in [0.1, 0.15) is 0 Å². The zero-order valence-corrected chi connectivity index (χ0v) is 10.3. The van der Waals surface area contributed by atoms with Crippen molar-refractivity contribution in [1.29, 1.82) is 0 Å². The normalized spacial score (nSPS) is 12.8. The minimum Gasteiger partial charge on any atom is -0.387 e. The van der Waals surface area contributed by atoms with E-state index in [2.05, 4.69) is 5.32 Å². The second-order valence-electron chi connectivity index (χ2n) is 3.56. The maximum Gasteiger partial charge on any atom is 0.166 e. The van der Waals surface area contributed by atoms with Crippen molar-refractivity contribution in [1.82, 2.24) is 5.32 Å². The van der Waals surface area contributed by atoms with Crippen LogP contribution in [0.2, 0.25) is 5.02 Å². The molecule has 1 aromatic rings. The monoisotopic (exact) mass is 265 g/mol. The molecular weight excluding hydrogens is 252 g/mol. The molecule has 0 aliphatic carbocycles. The molecule has 0 radical (unpaired) electrons. The van der Waals surface area contributed by atoms with Crippen molar-refractivity contribution in [2.75, 3.05) is 20.7 Å². The maximum absolute atomic E-state index is 13.7. The molecule has 17 heavy (non-hydrogen) atoms. The lowest BCUT2D eigenvalue weighted by atomic mass is 10.1. The molecular formula is C11H14ClF2NO2. The number of methoxy groups -OCH3 is 1. The highest BCUT2D eigenvalue weighted by molar-refractivity contribution is 6.31. The van der Waals surface area contributed by atoms with Gasteiger partial charge in [0, 0.05) is 29.8 Å². The van der Waals surface area contributed by atoms with Crippen LogP contribution in [-0.2, 0) is 11.3 Å². The predicted molar refractivity (Wildman–Crippen MR) is 61.0 cm³/mol. The van der Waals surface area contributed by atoms with Gasteiger partial charge in [0.05, 0.1) is 12.7 Å². The Labute approximate surface area is 103 Å². The topological polar surface area (TPSA) is 41.5 Å². The van der Waals surface area contributed by atoms with E-state index >= 15 is 0 Å². The summed E-state index contributed by atoms with van der Waals surface area (Å²) in [6.07, 6.45) is -1.15. The van der Waals surface area contributed by atoms with E-state index in [4.69, 9.17) is 16.3 Å². The van der Waals surface area contributed by atoms with Crippen LogP contribution in [-0.4, -0.2) is 25.8 Å². The minimum atomic E-state index is -1.15. The van der Waals surface area contributed by atoms with Crippen molar-refractivity contribution >= 4 is 11.6 Å². The van der Waals surface area contributed by atoms with Crippen molar-refractivity contribution < 1.29 is 18.6 Å². The van der Waals surface area contributed by atoms with Gasteiger partial charge in [0.15, 0.2) is 11.6 Å². The first-order valence-electron chi connectivity index (χ1n) is 5.00. The fourth-order valence-corrected chi connectivity index (χ4v) is 1.73. The van der Waals surface area contributed by atoms with E-state index in [-0.39, 0.29) is 29.3 Å². The molecule has 1 rings (SSSR count). The van der Waals surface area contributed by atoms with E-state index in [0.717, 1.165) is 0 Å². The van der Waals surface area contributed by atoms with Crippen LogP contribution < -0.4 is 5.32 Å². The van der Waals surface area contributed by atoms with Gasteiger partial charge in [-0.2, -0.15) is 0 Å². The number of aliphatic hydroxyl groups is 1. The molecule has 0 spiro atoms. The van der Waals surface area contributed by atoms with Crippen molar-refractivity contribution in [3.8, 4) is 0 Å². The smallest absolute Gasteiger partial charge is 0.166 e. The number of aliphatic hydroxyl groups excluding tert-OH is 1. The predicted octanol–water partition coefficient (Wildman–Crippen LogP) is 2.02. The lowest BCUT2D eigenvalue weighted by Gasteiger charge is -2.14. The van der Waals surface area contributed by atoms with Crippen molar-refractivity contribution in [3.05, 3.63) is 33.9 Å². The van der Waals surface area contributed by atoms with Crippen LogP contribution in [0.4, 0.5) is 8.78 Å². The highest BCUT2D eigenvalue weighted by atomic mass is 35.5. The fraction of sp³-hybridized carbons (Fsp3) is 0.455. The minimum absolute atomic E-state index is 0.0379. The number of ether oxygens (including phenoxy) is 1. The second kappa shape index (κ2) is 6.26. The van der Waals surface area contributed by atoms with Gasteiger partial charge in [0.25, 0.3) is 0 Å². The fourth-order valence-electron chi connectivity index (χ4n) is 1.47. The molecule has 3 nitrogen and oxygen atoms in total. The van der Waals surface area contributed by atoms with Gasteiger partial charge in [-0.1, -0.05) is 11.6 Å². The van der Waals surface area contributed by atoms with Gasteiger partial charge in [-0.3, -0.25) is 0 Å². The SMILES string of the molecule is CNCC(O)c1cc(Cl)c(COC)c(F)c1F. The highest BCUT2D eigenvalue weighted by Gasteiger charge is 2.21. The highest BCUT2D eigenvalue weighted by Crippen LogP contribution is 2.28. The Morgan fingerprint density at radius 2 is 2.12 bits per heavy atom. The van der Waals surface area contributed by atoms with Crippen molar-refractivity contribution in [2.45, 2.75) is 12.7 Å². The van der Waals surface area contributed by atoms with Gasteiger partial charge in [-0.15, -0.1) is 0 Å². The third-order valence-electron chi connectivity index (χ3n) is 2.33. The molecule has 1 unspecified atom stereocenters. The standard InChI is InChI=1S/C11H14ClF2NO2/c1-15-4-9(16)6-3-8(12)7(5-17-2)11(14)10(6)13/h3,9,15-16H,4-5H2,1-2H3. The number of hydrogen-bond donors (Lipinski definition) is 2. The molecule has 0 aromatic heterocycles. The maximum atomic E-state index is 13.7. The first-order valence-corrected chi connectivity index (χ1v) is 5.38. The Kier molecular flexibility index (Phi) is 5.27. The Morgan fingerprint density at radius 1 is 1.47 bits per heavy atom. The lowest BCUT2D eigenvalue weighted by molar-refractivity contribution is 0.168. The van der Waals surface area contributed by atoms with Gasteiger partial charge in [-0.05, 0) is 13.1 Å². The Balaban J connectivity index is 3.19. The Morgan fingerprint density at radius 3 is 2.65 bits per heavy atom. The molecule has 0 amide bonds. The summed E-state index contributed by atoms with van der Waals surface area (Å²) >= 11 is 5.81. The van der Waals surface area contributed by atoms with Gasteiger partial charge >= 0.3 is 0 Å². The van der Waals surface area contributed by atoms with Gasteiger partial charge < -0.3 is 15.2 Å². The Bertz CT molecular complexity index is 402. The first kappa shape index (κ1) is 14.3. The molecule has 0 fully saturated rings. The zero-order chi connectivity index (χ0) is 13.0. The number of rotatable bonds is 5. The van der Waals surface area contributed by atoms with E-state index in [0.29, 0.717) is 0 Å². The average Bonchev–Trinajstić information content (AvgIpc) is 2.29. The van der Waals surface area contributed by atoms with E-state index in [9.17, 15) is 13.9 Å². The number of nitrogens with one attached hydrogen (secondary N) is 1. The summed E-state index contributed by atoms with van der Waals surface area (Å²) in [6, 6.07) is 1.22. The van der Waals surface area contributed by atoms with E-state index < -0.39 is 17.7 Å². The summed E-state index contributed by atoms with van der Waals surface area (Å²) in [5, 5.41) is 12.3. The van der Waals surface area contributed by atoms with Gasteiger partial charge in [-0.25, -0.2) is 8.78 Å². The Hall–Kier alpha value is -0.750. The number of hydrogen-bond acceptors (Lipinski definition) is 3. The van der Waals surface area contributed by atoms with Crippen LogP contribution in [0.1, 0.15) is 17.2 Å². The molecule has 0 aliphatic heterocycles. The van der Waals surface area contributed by atoms with E-state index in [1.54, 1.807) is 7.05 Å². The average molecular weight is 266 g/mol. The van der Waals surface area contributed by atoms with Crippen LogP contribution >= 0.6 is 11.6 Å². The second-order valence-corrected chi connectivity index (χ2v) is 3.97. The number of benzene rings is 1. The van der Waals surface area contributed by atoms with Crippen molar-refractivity contribution in [3.63, 3.8) is 0 Å². The molecule has 6 heteroatoms. The van der Waals surface area contributed by atoms with E-state index in [1.807, 2.05) is 0 Å². The first-order chi connectivity index (χ1) is 8.02. The zero-order valence-electron chi connectivity index (χ0n) is 9.56. The summed E-state index contributed by atoms with van der Waals surface area (Å²) < 4.78 is 32.0. The van der Waals surface area contributed by atoms with Crippen LogP contribution in [0, 0.1) is 11.6 Å². The van der Waals surface area contributed by atoms with Crippen LogP contribution in [0.25, 0.3) is 0 Å². The quantitative estimate of drug-likeness (QED) is 0.801. The third kappa shape index (κ3) is 3.13. The van der Waals surface area contributed by atoms with Crippen LogP contribution in [0.15, 0.2) is 6.07 Å². The third-order valence-corrected chi connectivity index (χ3v) is 2.66. The number of halogens is 3. The molecule has 0 saturated carbocycles. The molecule has 2 N–H and O–H groups in total. The largest absolute Gasteiger partial charge is 0.387 e. The van der Waals surface area contributed by atoms with Gasteiger partial charge in [0.2, 0.25) is 0 Å². The molecule has 0 heterocycles. The summed E-state index contributed by atoms with van der Waals surface area (Å²) in [5.41, 5.74) is -0.214. The molecule has 96 valence electrons. The molecule has 1 atom stereocenters. The summed E-state index contributed by atoms with van der Waals surface area (Å²) in [5.74, 6) is -2.17. The van der Waals surface area contributed by atoms with Crippen molar-refractivity contribution in [2.24, 2.45) is 0 Å². The summed E-state index contributed by atoms with van der Waals surface area (Å²) in [7, 11) is 2.95. The van der Waals surface area contributed by atoms with Crippen LogP contribution in [0.5, 0.6) is 0 Å². The number of likely N-dealkylation sites (N-methyl/N-ethyl adjacent to an activating group) is 1. The molecule has 0 bridgehead atoms. The molecule has 0 aliphatic rings. The van der Waals surface area contributed by atoms with E-state index in [1.165, 1.54) is 13.2 Å². The lowest BCUT2D eigenvalue weighted by Crippen LogP contribution is -2.18. The summed E-state index contributed by atoms with van der Waals surface area (Å²) in [6.45, 7) is -0.0136. The summed E-state index contributed by atoms with van der Waals surface area (Å²) in [4.78, 5) is 0.